The SMILES string of the molecule is CCCCC(=O)NCCC(=O)Oc1ccc(COC(C)=O)cc1. The predicted molar refractivity (Wildman–Crippen MR) is 84.7 cm³/mol. The molecule has 0 heterocycles. The largest absolute Gasteiger partial charge is 0.461 e. The molecule has 1 aromatic carbocycles. The van der Waals surface area contributed by atoms with Crippen LogP contribution in [0, 0.1) is 0 Å². The van der Waals surface area contributed by atoms with Gasteiger partial charge < -0.3 is 14.8 Å². The topological polar surface area (TPSA) is 81.7 Å². The van der Waals surface area contributed by atoms with Crippen molar-refractivity contribution >= 4 is 17.8 Å². The molecule has 0 aliphatic rings. The number of benzene rings is 1. The van der Waals surface area contributed by atoms with Crippen molar-refractivity contribution in [2.45, 2.75) is 46.1 Å². The summed E-state index contributed by atoms with van der Waals surface area (Å²) in [6.07, 6.45) is 2.40. The lowest BCUT2D eigenvalue weighted by molar-refractivity contribution is -0.142. The summed E-state index contributed by atoms with van der Waals surface area (Å²) >= 11 is 0. The lowest BCUT2D eigenvalue weighted by atomic mass is 10.2. The Bertz CT molecular complexity index is 524. The van der Waals surface area contributed by atoms with Crippen LogP contribution in [0.4, 0.5) is 0 Å². The van der Waals surface area contributed by atoms with Crippen LogP contribution in [-0.2, 0) is 25.7 Å². The van der Waals surface area contributed by atoms with Crippen LogP contribution in [0.2, 0.25) is 0 Å². The zero-order valence-electron chi connectivity index (χ0n) is 13.6. The van der Waals surface area contributed by atoms with Gasteiger partial charge in [0.25, 0.3) is 0 Å². The second-order valence-electron chi connectivity index (χ2n) is 5.10. The highest BCUT2D eigenvalue weighted by Gasteiger charge is 2.07. The molecule has 6 heteroatoms. The molecule has 0 bridgehead atoms. The summed E-state index contributed by atoms with van der Waals surface area (Å²) in [5.74, 6) is -0.386. The molecule has 0 radical (unpaired) electrons. The fourth-order valence-corrected chi connectivity index (χ4v) is 1.75. The van der Waals surface area contributed by atoms with Gasteiger partial charge in [-0.25, -0.2) is 0 Å². The predicted octanol–water partition coefficient (Wildman–Crippen LogP) is 2.35. The van der Waals surface area contributed by atoms with Crippen molar-refractivity contribution in [1.29, 1.82) is 0 Å². The molecule has 0 spiro atoms. The number of ether oxygens (including phenoxy) is 2. The maximum Gasteiger partial charge on any atom is 0.312 e. The third kappa shape index (κ3) is 8.60. The molecule has 23 heavy (non-hydrogen) atoms. The summed E-state index contributed by atoms with van der Waals surface area (Å²) in [5.41, 5.74) is 0.809. The minimum absolute atomic E-state index is 0.0468. The first kappa shape index (κ1) is 18.7. The van der Waals surface area contributed by atoms with E-state index < -0.39 is 5.97 Å². The molecule has 0 saturated carbocycles. The van der Waals surface area contributed by atoms with Crippen LogP contribution < -0.4 is 10.1 Å². The molecule has 0 unspecified atom stereocenters. The van der Waals surface area contributed by atoms with Gasteiger partial charge >= 0.3 is 11.9 Å². The van der Waals surface area contributed by atoms with Gasteiger partial charge in [0, 0.05) is 19.9 Å². The van der Waals surface area contributed by atoms with Crippen LogP contribution >= 0.6 is 0 Å². The number of rotatable bonds is 9. The van der Waals surface area contributed by atoms with E-state index in [9.17, 15) is 14.4 Å². The molecule has 1 aromatic rings. The second-order valence-corrected chi connectivity index (χ2v) is 5.10. The molecule has 1 amide bonds. The van der Waals surface area contributed by atoms with E-state index in [-0.39, 0.29) is 31.4 Å². The van der Waals surface area contributed by atoms with Crippen molar-refractivity contribution in [1.82, 2.24) is 5.32 Å². The van der Waals surface area contributed by atoms with Crippen molar-refractivity contribution in [3.8, 4) is 5.75 Å². The van der Waals surface area contributed by atoms with E-state index in [0.29, 0.717) is 12.2 Å². The highest BCUT2D eigenvalue weighted by Crippen LogP contribution is 2.13. The Morgan fingerprint density at radius 1 is 1.09 bits per heavy atom. The highest BCUT2D eigenvalue weighted by atomic mass is 16.5. The van der Waals surface area contributed by atoms with Crippen molar-refractivity contribution in [3.05, 3.63) is 29.8 Å². The van der Waals surface area contributed by atoms with E-state index >= 15 is 0 Å². The molecule has 0 aliphatic carbocycles. The monoisotopic (exact) mass is 321 g/mol. The fourth-order valence-electron chi connectivity index (χ4n) is 1.75. The molecule has 0 aromatic heterocycles. The first-order chi connectivity index (χ1) is 11.0. The van der Waals surface area contributed by atoms with Crippen LogP contribution in [0.1, 0.15) is 45.1 Å². The van der Waals surface area contributed by atoms with Crippen molar-refractivity contribution in [2.75, 3.05) is 6.54 Å². The van der Waals surface area contributed by atoms with Gasteiger partial charge in [0.1, 0.15) is 12.4 Å². The number of hydrogen-bond donors (Lipinski definition) is 1. The second kappa shape index (κ2) is 10.4. The maximum absolute atomic E-state index is 11.7. The smallest absolute Gasteiger partial charge is 0.312 e. The van der Waals surface area contributed by atoms with Gasteiger partial charge in [-0.2, -0.15) is 0 Å². The molecular weight excluding hydrogens is 298 g/mol. The van der Waals surface area contributed by atoms with Gasteiger partial charge in [0.2, 0.25) is 5.91 Å². The van der Waals surface area contributed by atoms with Gasteiger partial charge in [-0.05, 0) is 24.1 Å². The Morgan fingerprint density at radius 2 is 1.78 bits per heavy atom. The number of amides is 1. The molecule has 0 saturated heterocycles. The zero-order chi connectivity index (χ0) is 17.1. The van der Waals surface area contributed by atoms with E-state index in [2.05, 4.69) is 5.32 Å². The summed E-state index contributed by atoms with van der Waals surface area (Å²) < 4.78 is 10.0. The van der Waals surface area contributed by atoms with E-state index in [4.69, 9.17) is 9.47 Å². The molecule has 1 N–H and O–H groups in total. The molecular formula is C17H23NO5. The van der Waals surface area contributed by atoms with Crippen LogP contribution in [0.5, 0.6) is 5.75 Å². The number of unbranched alkanes of at least 4 members (excludes halogenated alkanes) is 1. The number of nitrogens with one attached hydrogen (secondary N) is 1. The summed E-state index contributed by atoms with van der Waals surface area (Å²) in [6.45, 7) is 3.82. The normalized spacial score (nSPS) is 10.0. The Kier molecular flexibility index (Phi) is 8.42. The lowest BCUT2D eigenvalue weighted by Crippen LogP contribution is -2.26. The molecule has 126 valence electrons. The minimum atomic E-state index is -0.409. The van der Waals surface area contributed by atoms with Crippen LogP contribution in [-0.4, -0.2) is 24.4 Å². The molecule has 6 nitrogen and oxygen atoms in total. The van der Waals surface area contributed by atoms with Crippen molar-refractivity contribution in [3.63, 3.8) is 0 Å². The maximum atomic E-state index is 11.7. The number of carbonyl (C=O) groups is 3. The first-order valence-electron chi connectivity index (χ1n) is 7.71. The third-order valence-corrected chi connectivity index (χ3v) is 3.01. The molecule has 0 atom stereocenters. The van der Waals surface area contributed by atoms with E-state index in [1.807, 2.05) is 6.92 Å². The fraction of sp³-hybridized carbons (Fsp3) is 0.471. The van der Waals surface area contributed by atoms with E-state index in [1.165, 1.54) is 6.92 Å². The Hall–Kier alpha value is -2.37. The van der Waals surface area contributed by atoms with Gasteiger partial charge in [-0.1, -0.05) is 25.5 Å². The highest BCUT2D eigenvalue weighted by molar-refractivity contribution is 5.77. The summed E-state index contributed by atoms with van der Waals surface area (Å²) in [5, 5.41) is 2.68. The van der Waals surface area contributed by atoms with Gasteiger partial charge in [-0.15, -0.1) is 0 Å². The average molecular weight is 321 g/mol. The number of carbonyl (C=O) groups excluding carboxylic acids is 3. The van der Waals surface area contributed by atoms with E-state index in [0.717, 1.165) is 18.4 Å². The van der Waals surface area contributed by atoms with Gasteiger partial charge in [0.05, 0.1) is 6.42 Å². The lowest BCUT2D eigenvalue weighted by Gasteiger charge is -2.07. The van der Waals surface area contributed by atoms with E-state index in [1.54, 1.807) is 24.3 Å². The summed E-state index contributed by atoms with van der Waals surface area (Å²) in [7, 11) is 0. The zero-order valence-corrected chi connectivity index (χ0v) is 13.6. The first-order valence-corrected chi connectivity index (χ1v) is 7.71. The standard InChI is InChI=1S/C17H23NO5/c1-3-4-5-16(20)18-11-10-17(21)23-15-8-6-14(7-9-15)12-22-13(2)19/h6-9H,3-5,10-12H2,1-2H3,(H,18,20). The number of esters is 2. The third-order valence-electron chi connectivity index (χ3n) is 3.01. The van der Waals surface area contributed by atoms with Crippen LogP contribution in [0.3, 0.4) is 0 Å². The van der Waals surface area contributed by atoms with Gasteiger partial charge in [-0.3, -0.25) is 14.4 Å². The molecule has 0 fully saturated rings. The Balaban J connectivity index is 2.28. The Labute approximate surface area is 136 Å². The van der Waals surface area contributed by atoms with Gasteiger partial charge in [0.15, 0.2) is 0 Å². The Morgan fingerprint density at radius 3 is 2.39 bits per heavy atom. The summed E-state index contributed by atoms with van der Waals surface area (Å²) in [6, 6.07) is 6.71. The van der Waals surface area contributed by atoms with Crippen molar-refractivity contribution < 1.29 is 23.9 Å². The molecule has 1 rings (SSSR count). The average Bonchev–Trinajstić information content (AvgIpc) is 2.52. The van der Waals surface area contributed by atoms with Crippen molar-refractivity contribution in [2.24, 2.45) is 0 Å². The number of hydrogen-bond acceptors (Lipinski definition) is 5. The summed E-state index contributed by atoms with van der Waals surface area (Å²) in [4.78, 5) is 33.8. The minimum Gasteiger partial charge on any atom is -0.461 e. The quantitative estimate of drug-likeness (QED) is 0.558. The molecule has 0 aliphatic heterocycles. The van der Waals surface area contributed by atoms with Crippen LogP contribution in [0.25, 0.3) is 0 Å². The van der Waals surface area contributed by atoms with Crippen LogP contribution in [0.15, 0.2) is 24.3 Å².